The van der Waals surface area contributed by atoms with Gasteiger partial charge in [-0.15, -0.1) is 0 Å². The Labute approximate surface area is 110 Å². The Balaban J connectivity index is 2.40. The molecule has 1 fully saturated rings. The number of ether oxygens (including phenoxy) is 1. The molecule has 1 aliphatic rings. The van der Waals surface area contributed by atoms with Gasteiger partial charge in [-0.05, 0) is 19.5 Å². The number of non-ortho nitro benzene ring substituents is 1. The zero-order valence-corrected chi connectivity index (χ0v) is 10.8. The van der Waals surface area contributed by atoms with Crippen molar-refractivity contribution < 1.29 is 14.5 Å². The molecule has 1 aromatic carbocycles. The van der Waals surface area contributed by atoms with Gasteiger partial charge in [-0.25, -0.2) is 0 Å². The molecule has 1 heterocycles. The van der Waals surface area contributed by atoms with Gasteiger partial charge in [-0.3, -0.25) is 14.9 Å². The lowest BCUT2D eigenvalue weighted by Crippen LogP contribution is -2.36. The van der Waals surface area contributed by atoms with Gasteiger partial charge >= 0.3 is 0 Å². The van der Waals surface area contributed by atoms with E-state index in [2.05, 4.69) is 5.32 Å². The van der Waals surface area contributed by atoms with Gasteiger partial charge in [-0.1, -0.05) is 0 Å². The molecule has 0 bridgehead atoms. The lowest BCUT2D eigenvalue weighted by molar-refractivity contribution is -0.384. The quantitative estimate of drug-likeness (QED) is 0.646. The highest BCUT2D eigenvalue weighted by atomic mass is 16.6. The predicted octanol–water partition coefficient (Wildman–Crippen LogP) is 0.928. The zero-order chi connectivity index (χ0) is 14.0. The van der Waals surface area contributed by atoms with Crippen LogP contribution in [0.4, 0.5) is 11.4 Å². The van der Waals surface area contributed by atoms with Crippen LogP contribution < -0.4 is 15.0 Å². The number of benzene rings is 1. The van der Waals surface area contributed by atoms with Crippen molar-refractivity contribution in [3.05, 3.63) is 28.3 Å². The van der Waals surface area contributed by atoms with Crippen LogP contribution in [0, 0.1) is 10.1 Å². The van der Waals surface area contributed by atoms with Crippen molar-refractivity contribution >= 4 is 17.3 Å². The molecule has 2 rings (SSSR count). The fraction of sp³-hybridized carbons (Fsp3) is 0.417. The van der Waals surface area contributed by atoms with Crippen molar-refractivity contribution in [2.24, 2.45) is 0 Å². The van der Waals surface area contributed by atoms with Gasteiger partial charge in [0, 0.05) is 18.7 Å². The van der Waals surface area contributed by atoms with Gasteiger partial charge in [0.2, 0.25) is 5.91 Å². The number of hydrogen-bond donors (Lipinski definition) is 1. The van der Waals surface area contributed by atoms with Gasteiger partial charge < -0.3 is 15.0 Å². The molecule has 1 unspecified atom stereocenters. The van der Waals surface area contributed by atoms with Crippen LogP contribution in [0.2, 0.25) is 0 Å². The largest absolute Gasteiger partial charge is 0.495 e. The van der Waals surface area contributed by atoms with Crippen LogP contribution >= 0.6 is 0 Å². The molecule has 102 valence electrons. The topological polar surface area (TPSA) is 84.7 Å². The summed E-state index contributed by atoms with van der Waals surface area (Å²) >= 11 is 0. The molecule has 0 saturated carbocycles. The normalized spacial score (nSPS) is 18.7. The third kappa shape index (κ3) is 2.37. The van der Waals surface area contributed by atoms with Gasteiger partial charge in [0.25, 0.3) is 5.69 Å². The summed E-state index contributed by atoms with van der Waals surface area (Å²) in [6.07, 6.45) is 0.668. The first-order chi connectivity index (χ1) is 9.08. The van der Waals surface area contributed by atoms with Crippen LogP contribution in [0.25, 0.3) is 0 Å². The molecule has 1 N–H and O–H groups in total. The first-order valence-corrected chi connectivity index (χ1v) is 5.89. The van der Waals surface area contributed by atoms with Gasteiger partial charge in [-0.2, -0.15) is 0 Å². The highest BCUT2D eigenvalue weighted by Gasteiger charge is 2.33. The van der Waals surface area contributed by atoms with E-state index in [0.717, 1.165) is 0 Å². The number of rotatable bonds is 4. The highest BCUT2D eigenvalue weighted by molar-refractivity contribution is 6.00. The Morgan fingerprint density at radius 3 is 2.79 bits per heavy atom. The number of methoxy groups -OCH3 is 1. The molecule has 0 radical (unpaired) electrons. The van der Waals surface area contributed by atoms with Crippen molar-refractivity contribution in [1.82, 2.24) is 5.32 Å². The van der Waals surface area contributed by atoms with E-state index in [4.69, 9.17) is 4.74 Å². The first-order valence-electron chi connectivity index (χ1n) is 5.89. The van der Waals surface area contributed by atoms with Crippen molar-refractivity contribution in [2.45, 2.75) is 12.5 Å². The molecular formula is C12H15N3O4. The van der Waals surface area contributed by atoms with E-state index in [1.807, 2.05) is 0 Å². The second-order valence-electron chi connectivity index (χ2n) is 4.23. The minimum absolute atomic E-state index is 0.0588. The van der Waals surface area contributed by atoms with Crippen LogP contribution in [0.1, 0.15) is 6.42 Å². The Bertz CT molecular complexity index is 518. The molecule has 1 aliphatic heterocycles. The van der Waals surface area contributed by atoms with E-state index < -0.39 is 4.92 Å². The van der Waals surface area contributed by atoms with Crippen LogP contribution in [0.15, 0.2) is 18.2 Å². The molecule has 0 aromatic heterocycles. The Morgan fingerprint density at radius 1 is 1.53 bits per heavy atom. The maximum atomic E-state index is 12.1. The summed E-state index contributed by atoms with van der Waals surface area (Å²) in [5, 5.41) is 13.7. The Morgan fingerprint density at radius 2 is 2.26 bits per heavy atom. The molecule has 7 nitrogen and oxygen atoms in total. The summed E-state index contributed by atoms with van der Waals surface area (Å²) in [5.41, 5.74) is 0.385. The number of anilines is 1. The van der Waals surface area contributed by atoms with E-state index in [9.17, 15) is 14.9 Å². The summed E-state index contributed by atoms with van der Waals surface area (Å²) in [6, 6.07) is 3.99. The third-order valence-corrected chi connectivity index (χ3v) is 3.22. The maximum absolute atomic E-state index is 12.1. The second kappa shape index (κ2) is 5.23. The molecule has 1 saturated heterocycles. The van der Waals surface area contributed by atoms with E-state index in [0.29, 0.717) is 24.4 Å². The van der Waals surface area contributed by atoms with Crippen LogP contribution in [-0.2, 0) is 4.79 Å². The van der Waals surface area contributed by atoms with Crippen LogP contribution in [0.3, 0.4) is 0 Å². The van der Waals surface area contributed by atoms with Crippen molar-refractivity contribution in [3.63, 3.8) is 0 Å². The minimum Gasteiger partial charge on any atom is -0.495 e. The van der Waals surface area contributed by atoms with E-state index in [-0.39, 0.29) is 17.6 Å². The van der Waals surface area contributed by atoms with E-state index in [1.54, 1.807) is 7.05 Å². The van der Waals surface area contributed by atoms with Gasteiger partial charge in [0.1, 0.15) is 5.75 Å². The number of likely N-dealkylation sites (N-methyl/N-ethyl adjacent to an activating group) is 1. The predicted molar refractivity (Wildman–Crippen MR) is 69.5 cm³/mol. The fourth-order valence-electron chi connectivity index (χ4n) is 2.19. The Kier molecular flexibility index (Phi) is 3.66. The molecule has 1 atom stereocenters. The monoisotopic (exact) mass is 265 g/mol. The zero-order valence-electron chi connectivity index (χ0n) is 10.8. The molecule has 1 amide bonds. The molecular weight excluding hydrogens is 250 g/mol. The summed E-state index contributed by atoms with van der Waals surface area (Å²) in [5.74, 6) is 0.358. The number of carbonyl (C=O) groups excluding carboxylic acids is 1. The van der Waals surface area contributed by atoms with Gasteiger partial charge in [0.15, 0.2) is 0 Å². The molecule has 0 spiro atoms. The number of nitrogens with zero attached hydrogens (tertiary/aromatic N) is 2. The van der Waals surface area contributed by atoms with E-state index in [1.165, 1.54) is 30.2 Å². The minimum atomic E-state index is -0.487. The SMILES string of the molecule is CNC1CCN(c2cc([N+](=O)[O-])ccc2OC)C1=O. The highest BCUT2D eigenvalue weighted by Crippen LogP contribution is 2.34. The Hall–Kier alpha value is -2.15. The number of amides is 1. The summed E-state index contributed by atoms with van der Waals surface area (Å²) in [4.78, 5) is 24.0. The number of nitrogens with one attached hydrogen (secondary N) is 1. The number of nitro benzene ring substituents is 1. The fourth-order valence-corrected chi connectivity index (χ4v) is 2.19. The van der Waals surface area contributed by atoms with Crippen molar-refractivity contribution in [2.75, 3.05) is 25.6 Å². The first kappa shape index (κ1) is 13.3. The number of carbonyl (C=O) groups is 1. The summed E-state index contributed by atoms with van der Waals surface area (Å²) < 4.78 is 5.17. The van der Waals surface area contributed by atoms with Crippen molar-refractivity contribution in [1.29, 1.82) is 0 Å². The number of nitro groups is 1. The third-order valence-electron chi connectivity index (χ3n) is 3.22. The summed E-state index contributed by atoms with van der Waals surface area (Å²) in [7, 11) is 3.19. The molecule has 19 heavy (non-hydrogen) atoms. The lowest BCUT2D eigenvalue weighted by Gasteiger charge is -2.19. The average Bonchev–Trinajstić information content (AvgIpc) is 2.78. The summed E-state index contributed by atoms with van der Waals surface area (Å²) in [6.45, 7) is 0.516. The van der Waals surface area contributed by atoms with E-state index >= 15 is 0 Å². The van der Waals surface area contributed by atoms with Crippen LogP contribution in [-0.4, -0.2) is 37.6 Å². The molecule has 7 heteroatoms. The van der Waals surface area contributed by atoms with Crippen molar-refractivity contribution in [3.8, 4) is 5.75 Å². The molecule has 1 aromatic rings. The van der Waals surface area contributed by atoms with Gasteiger partial charge in [0.05, 0.1) is 23.8 Å². The number of hydrogen-bond acceptors (Lipinski definition) is 5. The lowest BCUT2D eigenvalue weighted by atomic mass is 10.2. The second-order valence-corrected chi connectivity index (χ2v) is 4.23. The maximum Gasteiger partial charge on any atom is 0.271 e. The van der Waals surface area contributed by atoms with Crippen LogP contribution in [0.5, 0.6) is 5.75 Å². The standard InChI is InChI=1S/C12H15N3O4/c1-13-9-5-6-14(12(9)16)10-7-8(15(17)18)3-4-11(10)19-2/h3-4,7,9,13H,5-6H2,1-2H3. The smallest absolute Gasteiger partial charge is 0.271 e. The molecule has 0 aliphatic carbocycles. The average molecular weight is 265 g/mol.